The quantitative estimate of drug-likeness (QED) is 0.446. The Bertz CT molecular complexity index is 1060. The summed E-state index contributed by atoms with van der Waals surface area (Å²) in [7, 11) is -2.50. The van der Waals surface area contributed by atoms with Crippen LogP contribution in [-0.2, 0) is 9.53 Å². The maximum absolute atomic E-state index is 13.1. The number of hydrogen-bond donors (Lipinski definition) is 0. The summed E-state index contributed by atoms with van der Waals surface area (Å²) in [5, 5.41) is 7.92. The van der Waals surface area contributed by atoms with Gasteiger partial charge in [0.1, 0.15) is 16.9 Å². The predicted molar refractivity (Wildman–Crippen MR) is 129 cm³/mol. The molecule has 5 heteroatoms. The van der Waals surface area contributed by atoms with Crippen LogP contribution in [0, 0.1) is 0 Å². The third-order valence-electron chi connectivity index (χ3n) is 5.51. The number of ketones is 1. The molecule has 0 saturated carbocycles. The van der Waals surface area contributed by atoms with Crippen molar-refractivity contribution in [3.63, 3.8) is 0 Å². The highest BCUT2D eigenvalue weighted by atomic mass is 31.2. The number of nitrogens with zero attached hydrogens (tertiary/aromatic N) is 2. The average Bonchev–Trinajstić information content (AvgIpc) is 2.93. The summed E-state index contributed by atoms with van der Waals surface area (Å²) >= 11 is 0. The summed E-state index contributed by atoms with van der Waals surface area (Å²) in [4.78, 5) is 18.1. The zero-order valence-electron chi connectivity index (χ0n) is 18.3. The standard InChI is InChI=1S/C26H27N2O2P/c1-25(2)23(24(29)26(3,4)30-25)27-28-31(20-14-8-5-9-15-20,21-16-10-6-11-17-21)22-18-12-7-13-19-22/h5-19H,1-4H3. The molecule has 4 rings (SSSR count). The third-order valence-corrected chi connectivity index (χ3v) is 9.01. The zero-order chi connectivity index (χ0) is 22.1. The molecule has 0 amide bonds. The van der Waals surface area contributed by atoms with E-state index in [-0.39, 0.29) is 5.78 Å². The SMILES string of the molecule is CC1(C)OC(C)(C)C(=NN=P(c2ccccc2)(c2ccccc2)c2ccccc2)C1=O. The zero-order valence-corrected chi connectivity index (χ0v) is 19.2. The summed E-state index contributed by atoms with van der Waals surface area (Å²) < 4.78 is 6.02. The molecule has 0 atom stereocenters. The number of carbonyl (C=O) groups is 1. The second kappa shape index (κ2) is 8.03. The molecule has 0 bridgehead atoms. The molecule has 4 nitrogen and oxygen atoms in total. The number of rotatable bonds is 4. The summed E-state index contributed by atoms with van der Waals surface area (Å²) in [5.41, 5.74) is -1.35. The summed E-state index contributed by atoms with van der Waals surface area (Å²) in [5.74, 6) is -0.117. The third kappa shape index (κ3) is 3.82. The van der Waals surface area contributed by atoms with E-state index in [0.717, 1.165) is 15.9 Å². The van der Waals surface area contributed by atoms with Crippen molar-refractivity contribution in [2.45, 2.75) is 38.9 Å². The average molecular weight is 430 g/mol. The first kappa shape index (κ1) is 21.4. The van der Waals surface area contributed by atoms with E-state index in [2.05, 4.69) is 41.5 Å². The molecular weight excluding hydrogens is 403 g/mol. The fraction of sp³-hybridized carbons (Fsp3) is 0.231. The Balaban J connectivity index is 2.08. The molecule has 31 heavy (non-hydrogen) atoms. The van der Waals surface area contributed by atoms with Gasteiger partial charge in [-0.1, -0.05) is 91.0 Å². The molecule has 0 spiro atoms. The van der Waals surface area contributed by atoms with Crippen LogP contribution in [0.3, 0.4) is 0 Å². The molecule has 0 aliphatic carbocycles. The number of ether oxygens (including phenoxy) is 1. The van der Waals surface area contributed by atoms with Gasteiger partial charge in [0.05, 0.1) is 7.05 Å². The molecular formula is C26H27N2O2P. The van der Waals surface area contributed by atoms with E-state index in [4.69, 9.17) is 9.59 Å². The first-order valence-electron chi connectivity index (χ1n) is 10.4. The number of hydrogen-bond acceptors (Lipinski definition) is 3. The minimum Gasteiger partial charge on any atom is -0.355 e. The lowest BCUT2D eigenvalue weighted by atomic mass is 9.97. The number of benzene rings is 3. The topological polar surface area (TPSA) is 51.0 Å². The molecule has 158 valence electrons. The van der Waals surface area contributed by atoms with Gasteiger partial charge in [-0.2, -0.15) is 4.85 Å². The molecule has 0 radical (unpaired) electrons. The van der Waals surface area contributed by atoms with Crippen molar-refractivity contribution in [3.05, 3.63) is 91.0 Å². The van der Waals surface area contributed by atoms with Gasteiger partial charge in [-0.25, -0.2) is 0 Å². The van der Waals surface area contributed by atoms with Crippen LogP contribution in [0.1, 0.15) is 27.7 Å². The van der Waals surface area contributed by atoms with E-state index in [1.54, 1.807) is 13.8 Å². The first-order chi connectivity index (χ1) is 14.8. The van der Waals surface area contributed by atoms with E-state index >= 15 is 0 Å². The van der Waals surface area contributed by atoms with Gasteiger partial charge in [-0.3, -0.25) is 4.79 Å². The highest BCUT2D eigenvalue weighted by molar-refractivity contribution is 7.87. The van der Waals surface area contributed by atoms with Crippen molar-refractivity contribution in [2.75, 3.05) is 0 Å². The minimum atomic E-state index is -2.50. The van der Waals surface area contributed by atoms with Crippen molar-refractivity contribution in [1.82, 2.24) is 0 Å². The monoisotopic (exact) mass is 430 g/mol. The van der Waals surface area contributed by atoms with E-state index in [0.29, 0.717) is 5.71 Å². The summed E-state index contributed by atoms with van der Waals surface area (Å²) in [6.45, 7) is 7.32. The van der Waals surface area contributed by atoms with E-state index in [1.165, 1.54) is 0 Å². The lowest BCUT2D eigenvalue weighted by Gasteiger charge is -2.25. The highest BCUT2D eigenvalue weighted by Crippen LogP contribution is 2.47. The lowest BCUT2D eigenvalue weighted by Crippen LogP contribution is -2.31. The second-order valence-corrected chi connectivity index (χ2v) is 11.6. The smallest absolute Gasteiger partial charge is 0.213 e. The predicted octanol–water partition coefficient (Wildman–Crippen LogP) is 4.68. The lowest BCUT2D eigenvalue weighted by molar-refractivity contribution is -0.131. The number of carbonyl (C=O) groups excluding carboxylic acids is 1. The van der Waals surface area contributed by atoms with Crippen LogP contribution in [-0.4, -0.2) is 22.7 Å². The Morgan fingerprint density at radius 3 is 1.35 bits per heavy atom. The van der Waals surface area contributed by atoms with Gasteiger partial charge in [0, 0.05) is 15.9 Å². The van der Waals surface area contributed by atoms with Crippen LogP contribution in [0.15, 0.2) is 101 Å². The molecule has 1 saturated heterocycles. The summed E-state index contributed by atoms with van der Waals surface area (Å²) in [6, 6.07) is 30.7. The Kier molecular flexibility index (Phi) is 5.55. The van der Waals surface area contributed by atoms with Crippen LogP contribution < -0.4 is 15.9 Å². The van der Waals surface area contributed by atoms with Gasteiger partial charge in [0.25, 0.3) is 0 Å². The molecule has 1 heterocycles. The van der Waals surface area contributed by atoms with Crippen LogP contribution in [0.25, 0.3) is 0 Å². The number of Topliss-reactive ketones (excluding diaryl/α,β-unsaturated/α-hetero) is 1. The molecule has 0 aromatic heterocycles. The minimum absolute atomic E-state index is 0.117. The van der Waals surface area contributed by atoms with Crippen molar-refractivity contribution < 1.29 is 9.53 Å². The fourth-order valence-corrected chi connectivity index (χ4v) is 7.34. The Morgan fingerprint density at radius 2 is 1.03 bits per heavy atom. The van der Waals surface area contributed by atoms with Gasteiger partial charge in [0.2, 0.25) is 5.78 Å². The molecule has 0 unspecified atom stereocenters. The van der Waals surface area contributed by atoms with Crippen LogP contribution in [0.4, 0.5) is 0 Å². The van der Waals surface area contributed by atoms with Gasteiger partial charge in [0.15, 0.2) is 0 Å². The van der Waals surface area contributed by atoms with Gasteiger partial charge < -0.3 is 4.74 Å². The molecule has 1 aliphatic rings. The normalized spacial score (nSPS) is 18.8. The highest BCUT2D eigenvalue weighted by Gasteiger charge is 2.51. The van der Waals surface area contributed by atoms with Gasteiger partial charge >= 0.3 is 0 Å². The largest absolute Gasteiger partial charge is 0.355 e. The van der Waals surface area contributed by atoms with Crippen LogP contribution in [0.5, 0.6) is 0 Å². The Labute approximate surface area is 184 Å². The van der Waals surface area contributed by atoms with Crippen molar-refractivity contribution in [2.24, 2.45) is 9.96 Å². The maximum atomic E-state index is 13.1. The molecule has 3 aromatic carbocycles. The summed E-state index contributed by atoms with van der Waals surface area (Å²) in [6.07, 6.45) is 0. The molecule has 0 N–H and O–H groups in total. The van der Waals surface area contributed by atoms with E-state index < -0.39 is 18.3 Å². The Morgan fingerprint density at radius 1 is 0.645 bits per heavy atom. The van der Waals surface area contributed by atoms with E-state index in [1.807, 2.05) is 68.4 Å². The van der Waals surface area contributed by atoms with Crippen LogP contribution >= 0.6 is 7.05 Å². The second-order valence-electron chi connectivity index (χ2n) is 8.63. The van der Waals surface area contributed by atoms with Gasteiger partial charge in [-0.15, -0.1) is 5.10 Å². The molecule has 3 aromatic rings. The van der Waals surface area contributed by atoms with Crippen LogP contribution in [0.2, 0.25) is 0 Å². The van der Waals surface area contributed by atoms with Crippen molar-refractivity contribution in [1.29, 1.82) is 0 Å². The molecule has 1 fully saturated rings. The van der Waals surface area contributed by atoms with E-state index in [9.17, 15) is 4.79 Å². The first-order valence-corrected chi connectivity index (χ1v) is 12.1. The fourth-order valence-electron chi connectivity index (χ4n) is 4.10. The maximum Gasteiger partial charge on any atom is 0.213 e. The van der Waals surface area contributed by atoms with Crippen molar-refractivity contribution >= 4 is 34.5 Å². The Hall–Kier alpha value is -2.81. The van der Waals surface area contributed by atoms with Gasteiger partial charge in [-0.05, 0) is 27.7 Å². The van der Waals surface area contributed by atoms with Crippen molar-refractivity contribution in [3.8, 4) is 0 Å². The molecule has 1 aliphatic heterocycles.